The molecule has 1 aliphatic rings. The average Bonchev–Trinajstić information content (AvgIpc) is 2.31. The molecule has 0 N–H and O–H groups in total. The smallest absolute Gasteiger partial charge is 0.183 e. The number of rotatable bonds is 0. The van der Waals surface area contributed by atoms with Crippen molar-refractivity contribution in [1.82, 2.24) is 0 Å². The van der Waals surface area contributed by atoms with E-state index in [0.29, 0.717) is 0 Å². The molecule has 1 aromatic rings. The van der Waals surface area contributed by atoms with Crippen LogP contribution < -0.4 is 9.47 Å². The summed E-state index contributed by atoms with van der Waals surface area (Å²) in [4.78, 5) is 2.36. The highest BCUT2D eigenvalue weighted by molar-refractivity contribution is 7.12. The van der Waals surface area contributed by atoms with Crippen molar-refractivity contribution < 1.29 is 9.47 Å². The molecule has 1 aliphatic heterocycles. The van der Waals surface area contributed by atoms with Crippen molar-refractivity contribution in [2.75, 3.05) is 0 Å². The third-order valence-electron chi connectivity index (χ3n) is 2.16. The fraction of sp³-hybridized carbons (Fsp3) is 0.400. The molecule has 0 radical (unpaired) electrons. The van der Waals surface area contributed by atoms with Gasteiger partial charge in [0.25, 0.3) is 0 Å². The van der Waals surface area contributed by atoms with Gasteiger partial charge in [0.05, 0.1) is 0 Å². The number of thiophene rings is 1. The molecule has 0 unspecified atom stereocenters. The first-order chi connectivity index (χ1) is 6.09. The maximum atomic E-state index is 5.66. The Morgan fingerprint density at radius 3 is 1.54 bits per heavy atom. The fourth-order valence-corrected chi connectivity index (χ4v) is 2.24. The van der Waals surface area contributed by atoms with E-state index in [4.69, 9.17) is 9.47 Å². The zero-order valence-corrected chi connectivity index (χ0v) is 9.04. The standard InChI is InChI=1S/C10H12O2S/c1-5-6(2)12-10-8(4)13-7(3)9(10)11-5/h1-4H3. The maximum absolute atomic E-state index is 5.66. The molecular weight excluding hydrogens is 184 g/mol. The first-order valence-electron chi connectivity index (χ1n) is 4.22. The van der Waals surface area contributed by atoms with E-state index < -0.39 is 0 Å². The molecule has 0 aromatic carbocycles. The highest BCUT2D eigenvalue weighted by Crippen LogP contribution is 2.45. The third kappa shape index (κ3) is 1.23. The third-order valence-corrected chi connectivity index (χ3v) is 3.14. The van der Waals surface area contributed by atoms with Crippen LogP contribution in [0.5, 0.6) is 11.5 Å². The summed E-state index contributed by atoms with van der Waals surface area (Å²) in [6.45, 7) is 7.94. The van der Waals surface area contributed by atoms with Crippen molar-refractivity contribution in [3.8, 4) is 11.5 Å². The van der Waals surface area contributed by atoms with E-state index in [9.17, 15) is 0 Å². The Labute approximate surface area is 81.8 Å². The van der Waals surface area contributed by atoms with E-state index >= 15 is 0 Å². The first-order valence-corrected chi connectivity index (χ1v) is 5.04. The summed E-state index contributed by atoms with van der Waals surface area (Å²) >= 11 is 1.71. The minimum atomic E-state index is 0.855. The Hall–Kier alpha value is -0.960. The Morgan fingerprint density at radius 2 is 1.15 bits per heavy atom. The van der Waals surface area contributed by atoms with E-state index in [1.54, 1.807) is 11.3 Å². The van der Waals surface area contributed by atoms with Crippen LogP contribution in [-0.2, 0) is 0 Å². The van der Waals surface area contributed by atoms with Crippen LogP contribution in [0, 0.1) is 13.8 Å². The fourth-order valence-electron chi connectivity index (χ4n) is 1.33. The molecule has 0 fully saturated rings. The summed E-state index contributed by atoms with van der Waals surface area (Å²) in [5.74, 6) is 3.50. The molecule has 1 aromatic heterocycles. The van der Waals surface area contributed by atoms with Crippen LogP contribution in [0.15, 0.2) is 11.5 Å². The summed E-state index contributed by atoms with van der Waals surface area (Å²) in [6.07, 6.45) is 0. The molecule has 13 heavy (non-hydrogen) atoms. The van der Waals surface area contributed by atoms with Crippen LogP contribution in [0.25, 0.3) is 0 Å². The van der Waals surface area contributed by atoms with Gasteiger partial charge in [0.2, 0.25) is 0 Å². The van der Waals surface area contributed by atoms with Crippen molar-refractivity contribution in [2.45, 2.75) is 27.7 Å². The van der Waals surface area contributed by atoms with Crippen LogP contribution >= 0.6 is 11.3 Å². The normalized spacial score (nSPS) is 15.1. The van der Waals surface area contributed by atoms with Crippen LogP contribution in [0.2, 0.25) is 0 Å². The van der Waals surface area contributed by atoms with Gasteiger partial charge in [0.1, 0.15) is 11.5 Å². The Balaban J connectivity index is 2.52. The molecule has 0 saturated heterocycles. The van der Waals surface area contributed by atoms with Gasteiger partial charge in [-0.25, -0.2) is 0 Å². The topological polar surface area (TPSA) is 18.5 Å². The number of allylic oxidation sites excluding steroid dienone is 2. The predicted octanol–water partition coefficient (Wildman–Crippen LogP) is 3.39. The second kappa shape index (κ2) is 2.77. The number of fused-ring (bicyclic) bond motifs is 1. The summed E-state index contributed by atoms with van der Waals surface area (Å²) in [5, 5.41) is 0. The van der Waals surface area contributed by atoms with Gasteiger partial charge >= 0.3 is 0 Å². The molecule has 0 spiro atoms. The summed E-state index contributed by atoms with van der Waals surface area (Å²) in [7, 11) is 0. The van der Waals surface area contributed by atoms with Crippen molar-refractivity contribution in [1.29, 1.82) is 0 Å². The zero-order chi connectivity index (χ0) is 9.59. The summed E-state index contributed by atoms with van der Waals surface area (Å²) in [6, 6.07) is 0. The van der Waals surface area contributed by atoms with Gasteiger partial charge in [-0.1, -0.05) is 0 Å². The lowest BCUT2D eigenvalue weighted by Crippen LogP contribution is -2.07. The van der Waals surface area contributed by atoms with Gasteiger partial charge in [-0.15, -0.1) is 11.3 Å². The van der Waals surface area contributed by atoms with E-state index in [1.165, 1.54) is 9.75 Å². The van der Waals surface area contributed by atoms with Crippen molar-refractivity contribution >= 4 is 11.3 Å². The van der Waals surface area contributed by atoms with Gasteiger partial charge in [-0.2, -0.15) is 0 Å². The molecular formula is C10H12O2S. The molecule has 0 bridgehead atoms. The van der Waals surface area contributed by atoms with E-state index in [-0.39, 0.29) is 0 Å². The first kappa shape index (κ1) is 8.63. The van der Waals surface area contributed by atoms with Crippen molar-refractivity contribution in [3.05, 3.63) is 21.3 Å². The molecule has 3 heteroatoms. The molecule has 2 heterocycles. The van der Waals surface area contributed by atoms with Crippen LogP contribution in [0.4, 0.5) is 0 Å². The number of hydrogen-bond donors (Lipinski definition) is 0. The molecule has 70 valence electrons. The number of hydrogen-bond acceptors (Lipinski definition) is 3. The van der Waals surface area contributed by atoms with Crippen LogP contribution in [0.1, 0.15) is 23.6 Å². The lowest BCUT2D eigenvalue weighted by molar-refractivity contribution is 0.296. The highest BCUT2D eigenvalue weighted by Gasteiger charge is 2.22. The van der Waals surface area contributed by atoms with Crippen molar-refractivity contribution in [3.63, 3.8) is 0 Å². The van der Waals surface area contributed by atoms with Crippen LogP contribution in [0.3, 0.4) is 0 Å². The molecule has 0 amide bonds. The Bertz CT molecular complexity index is 353. The number of ether oxygens (including phenoxy) is 2. The van der Waals surface area contributed by atoms with E-state index in [0.717, 1.165) is 23.0 Å². The number of aryl methyl sites for hydroxylation is 2. The maximum Gasteiger partial charge on any atom is 0.183 e. The zero-order valence-electron chi connectivity index (χ0n) is 8.22. The second-order valence-corrected chi connectivity index (χ2v) is 4.62. The molecule has 0 aliphatic carbocycles. The van der Waals surface area contributed by atoms with Crippen molar-refractivity contribution in [2.24, 2.45) is 0 Å². The average molecular weight is 196 g/mol. The molecule has 0 saturated carbocycles. The highest BCUT2D eigenvalue weighted by atomic mass is 32.1. The SMILES string of the molecule is CC1=C(C)Oc2c(C)sc(C)c2O1. The lowest BCUT2D eigenvalue weighted by Gasteiger charge is -2.18. The second-order valence-electron chi connectivity index (χ2n) is 3.19. The van der Waals surface area contributed by atoms with Gasteiger partial charge in [-0.05, 0) is 27.7 Å². The minimum absolute atomic E-state index is 0.855. The lowest BCUT2D eigenvalue weighted by atomic mass is 10.3. The Kier molecular flexibility index (Phi) is 1.84. The van der Waals surface area contributed by atoms with Gasteiger partial charge in [0.15, 0.2) is 11.5 Å². The Morgan fingerprint density at radius 1 is 0.769 bits per heavy atom. The van der Waals surface area contributed by atoms with Crippen LogP contribution in [-0.4, -0.2) is 0 Å². The quantitative estimate of drug-likeness (QED) is 0.633. The molecule has 2 rings (SSSR count). The monoisotopic (exact) mass is 196 g/mol. The van der Waals surface area contributed by atoms with E-state index in [2.05, 4.69) is 0 Å². The molecule has 0 atom stereocenters. The van der Waals surface area contributed by atoms with Gasteiger partial charge < -0.3 is 9.47 Å². The van der Waals surface area contributed by atoms with Gasteiger partial charge in [0, 0.05) is 9.75 Å². The molecule has 2 nitrogen and oxygen atoms in total. The van der Waals surface area contributed by atoms with Gasteiger partial charge in [-0.3, -0.25) is 0 Å². The predicted molar refractivity (Wildman–Crippen MR) is 53.4 cm³/mol. The minimum Gasteiger partial charge on any atom is -0.453 e. The summed E-state index contributed by atoms with van der Waals surface area (Å²) in [5.41, 5.74) is 0. The summed E-state index contributed by atoms with van der Waals surface area (Å²) < 4.78 is 11.3. The largest absolute Gasteiger partial charge is 0.453 e. The van der Waals surface area contributed by atoms with E-state index in [1.807, 2.05) is 27.7 Å².